The Morgan fingerprint density at radius 3 is 2.50 bits per heavy atom. The average molecular weight is 499 g/mol. The molecule has 3 aromatic heterocycles. The number of nitrogens with zero attached hydrogens (tertiary/aromatic N) is 6. The third-order valence-electron chi connectivity index (χ3n) is 6.52. The number of likely N-dealkylation sites (tertiary alicyclic amines) is 1. The maximum Gasteiger partial charge on any atom is 0.206 e. The fourth-order valence-electron chi connectivity index (χ4n) is 4.50. The van der Waals surface area contributed by atoms with E-state index in [2.05, 4.69) is 35.9 Å². The Labute approximate surface area is 216 Å². The summed E-state index contributed by atoms with van der Waals surface area (Å²) in [5, 5.41) is 9.97. The molecule has 1 unspecified atom stereocenters. The van der Waals surface area contributed by atoms with Crippen molar-refractivity contribution in [2.75, 3.05) is 13.6 Å². The quantitative estimate of drug-likeness (QED) is 0.289. The molecule has 0 radical (unpaired) electrons. The summed E-state index contributed by atoms with van der Waals surface area (Å²) in [6.45, 7) is 16.1. The van der Waals surface area contributed by atoms with Crippen LogP contribution in [0.2, 0.25) is 0 Å². The number of hydrogen-bond acceptors (Lipinski definition) is 7. The summed E-state index contributed by atoms with van der Waals surface area (Å²) in [4.78, 5) is 24.6. The molecule has 4 rings (SSSR count). The molecule has 0 aromatic carbocycles. The average Bonchev–Trinajstić information content (AvgIpc) is 3.61. The van der Waals surface area contributed by atoms with Gasteiger partial charge in [0.05, 0.1) is 17.6 Å². The molecule has 0 spiro atoms. The van der Waals surface area contributed by atoms with Crippen molar-refractivity contribution in [2.24, 2.45) is 0 Å². The van der Waals surface area contributed by atoms with Crippen molar-refractivity contribution < 1.29 is 9.32 Å². The first kappa shape index (κ1) is 29.6. The standard InChI is InChI=1S/C24H34N6O2.2C2H6/c1-5-7-11-18-21(28-32-22(18)20(31)12-8-6-2)23-25-14-19-16(3)27-30(24(19)26-23)15-17-10-9-13-29(17)4;2*1-2/h14,17H,5-13,15H2,1-4H3;2*1-2H3. The van der Waals surface area contributed by atoms with Crippen molar-refractivity contribution in [2.45, 2.75) is 112 Å². The zero-order chi connectivity index (χ0) is 26.7. The van der Waals surface area contributed by atoms with E-state index in [-0.39, 0.29) is 5.78 Å². The fraction of sp³-hybridized carbons (Fsp3) is 0.679. The first-order chi connectivity index (χ1) is 17.5. The molecule has 8 nitrogen and oxygen atoms in total. The number of aryl methyl sites for hydroxylation is 1. The first-order valence-corrected chi connectivity index (χ1v) is 14.0. The number of likely N-dealkylation sites (N-methyl/N-ethyl adjacent to an activating group) is 1. The number of unbranched alkanes of at least 4 members (excludes halogenated alkanes) is 2. The molecule has 36 heavy (non-hydrogen) atoms. The Morgan fingerprint density at radius 2 is 1.86 bits per heavy atom. The van der Waals surface area contributed by atoms with Gasteiger partial charge in [0.25, 0.3) is 0 Å². The molecule has 1 fully saturated rings. The summed E-state index contributed by atoms with van der Waals surface area (Å²) in [6.07, 6.45) is 9.21. The third kappa shape index (κ3) is 6.78. The van der Waals surface area contributed by atoms with E-state index >= 15 is 0 Å². The summed E-state index contributed by atoms with van der Waals surface area (Å²) in [7, 11) is 2.17. The molecular weight excluding hydrogens is 452 g/mol. The second-order valence-corrected chi connectivity index (χ2v) is 8.94. The highest BCUT2D eigenvalue weighted by Gasteiger charge is 2.26. The minimum absolute atomic E-state index is 0.0166. The van der Waals surface area contributed by atoms with Gasteiger partial charge in [0.2, 0.25) is 11.5 Å². The molecule has 1 atom stereocenters. The van der Waals surface area contributed by atoms with Crippen LogP contribution in [0.5, 0.6) is 0 Å². The van der Waals surface area contributed by atoms with Crippen molar-refractivity contribution in [3.63, 3.8) is 0 Å². The highest BCUT2D eigenvalue weighted by molar-refractivity contribution is 5.96. The lowest BCUT2D eigenvalue weighted by Gasteiger charge is -2.19. The maximum atomic E-state index is 12.7. The Morgan fingerprint density at radius 1 is 1.14 bits per heavy atom. The molecule has 0 N–H and O–H groups in total. The molecule has 1 saturated heterocycles. The van der Waals surface area contributed by atoms with Crippen molar-refractivity contribution in [3.05, 3.63) is 23.2 Å². The summed E-state index contributed by atoms with van der Waals surface area (Å²) >= 11 is 0. The van der Waals surface area contributed by atoms with E-state index in [9.17, 15) is 4.79 Å². The number of ketones is 1. The number of carbonyl (C=O) groups excluding carboxylic acids is 1. The maximum absolute atomic E-state index is 12.7. The molecule has 0 saturated carbocycles. The van der Waals surface area contributed by atoms with Crippen LogP contribution in [0, 0.1) is 6.92 Å². The lowest BCUT2D eigenvalue weighted by Crippen LogP contribution is -2.29. The van der Waals surface area contributed by atoms with E-state index in [1.807, 2.05) is 45.5 Å². The molecule has 1 aliphatic heterocycles. The van der Waals surface area contributed by atoms with Gasteiger partial charge < -0.3 is 9.42 Å². The zero-order valence-electron chi connectivity index (χ0n) is 23.7. The van der Waals surface area contributed by atoms with Crippen LogP contribution < -0.4 is 0 Å². The Kier molecular flexibility index (Phi) is 12.2. The van der Waals surface area contributed by atoms with Crippen molar-refractivity contribution in [3.8, 4) is 11.5 Å². The highest BCUT2D eigenvalue weighted by atomic mass is 16.5. The SMILES string of the molecule is CC.CC.CCCCC(=O)c1onc(-c2ncc3c(C)nn(CC4CCCN4C)c3n2)c1CCCC. The number of aromatic nitrogens is 5. The van der Waals surface area contributed by atoms with Crippen LogP contribution >= 0.6 is 0 Å². The van der Waals surface area contributed by atoms with Gasteiger partial charge in [-0.2, -0.15) is 5.10 Å². The van der Waals surface area contributed by atoms with Crippen LogP contribution in [0.1, 0.15) is 108 Å². The second-order valence-electron chi connectivity index (χ2n) is 8.94. The number of Topliss-reactive ketones (excluding diaryl/α,β-unsaturated/α-hetero) is 1. The van der Waals surface area contributed by atoms with Gasteiger partial charge in [0.1, 0.15) is 0 Å². The smallest absolute Gasteiger partial charge is 0.206 e. The van der Waals surface area contributed by atoms with E-state index in [1.165, 1.54) is 12.8 Å². The summed E-state index contributed by atoms with van der Waals surface area (Å²) in [5.41, 5.74) is 3.17. The third-order valence-corrected chi connectivity index (χ3v) is 6.52. The Bertz CT molecular complexity index is 1090. The van der Waals surface area contributed by atoms with E-state index < -0.39 is 0 Å². The topological polar surface area (TPSA) is 89.9 Å². The lowest BCUT2D eigenvalue weighted by atomic mass is 10.0. The molecule has 0 bridgehead atoms. The molecule has 0 amide bonds. The highest BCUT2D eigenvalue weighted by Crippen LogP contribution is 2.28. The van der Waals surface area contributed by atoms with Gasteiger partial charge in [0.15, 0.2) is 17.2 Å². The van der Waals surface area contributed by atoms with E-state index in [0.29, 0.717) is 29.7 Å². The number of rotatable bonds is 10. The van der Waals surface area contributed by atoms with Gasteiger partial charge in [-0.15, -0.1) is 0 Å². The Balaban J connectivity index is 0.00000109. The van der Waals surface area contributed by atoms with Gasteiger partial charge >= 0.3 is 0 Å². The van der Waals surface area contributed by atoms with Crippen molar-refractivity contribution in [1.29, 1.82) is 0 Å². The molecule has 0 aliphatic carbocycles. The Hall–Kier alpha value is -2.61. The van der Waals surface area contributed by atoms with Gasteiger partial charge in [-0.05, 0) is 52.6 Å². The van der Waals surface area contributed by atoms with Crippen LogP contribution in [0.25, 0.3) is 22.6 Å². The van der Waals surface area contributed by atoms with Gasteiger partial charge in [0, 0.05) is 24.2 Å². The molecule has 4 heterocycles. The monoisotopic (exact) mass is 498 g/mol. The zero-order valence-corrected chi connectivity index (χ0v) is 23.7. The van der Waals surface area contributed by atoms with E-state index in [0.717, 1.165) is 67.5 Å². The normalized spacial score (nSPS) is 15.4. The molecule has 1 aliphatic rings. The predicted octanol–water partition coefficient (Wildman–Crippen LogP) is 6.65. The predicted molar refractivity (Wildman–Crippen MR) is 146 cm³/mol. The largest absolute Gasteiger partial charge is 0.352 e. The molecule has 3 aromatic rings. The fourth-order valence-corrected chi connectivity index (χ4v) is 4.50. The van der Waals surface area contributed by atoms with Crippen LogP contribution in [-0.2, 0) is 13.0 Å². The van der Waals surface area contributed by atoms with Crippen LogP contribution in [0.3, 0.4) is 0 Å². The minimum atomic E-state index is 0.0166. The van der Waals surface area contributed by atoms with Crippen molar-refractivity contribution >= 4 is 16.8 Å². The van der Waals surface area contributed by atoms with Crippen LogP contribution in [-0.4, -0.2) is 55.2 Å². The summed E-state index contributed by atoms with van der Waals surface area (Å²) in [5.74, 6) is 0.897. The lowest BCUT2D eigenvalue weighted by molar-refractivity contribution is 0.0942. The minimum Gasteiger partial charge on any atom is -0.352 e. The van der Waals surface area contributed by atoms with Gasteiger partial charge in [-0.25, -0.2) is 14.6 Å². The number of fused-ring (bicyclic) bond motifs is 1. The van der Waals surface area contributed by atoms with Gasteiger partial charge in [-0.1, -0.05) is 59.5 Å². The number of hydrogen-bond donors (Lipinski definition) is 0. The summed E-state index contributed by atoms with van der Waals surface area (Å²) < 4.78 is 7.57. The second kappa shape index (κ2) is 14.8. The molecular formula is C28H46N6O2. The van der Waals surface area contributed by atoms with Crippen molar-refractivity contribution in [1.82, 2.24) is 29.8 Å². The van der Waals surface area contributed by atoms with Crippen LogP contribution in [0.15, 0.2) is 10.7 Å². The van der Waals surface area contributed by atoms with Crippen LogP contribution in [0.4, 0.5) is 0 Å². The van der Waals surface area contributed by atoms with E-state index in [4.69, 9.17) is 14.6 Å². The molecule has 8 heteroatoms. The van der Waals surface area contributed by atoms with E-state index in [1.54, 1.807) is 0 Å². The van der Waals surface area contributed by atoms with Gasteiger partial charge in [-0.3, -0.25) is 4.79 Å². The number of carbonyl (C=O) groups is 1. The molecule has 200 valence electrons. The summed E-state index contributed by atoms with van der Waals surface area (Å²) in [6, 6.07) is 0.464. The first-order valence-electron chi connectivity index (χ1n) is 14.0.